The summed E-state index contributed by atoms with van der Waals surface area (Å²) in [5.41, 5.74) is 1.46. The second-order valence-corrected chi connectivity index (χ2v) is 6.21. The number of carbonyl (C=O) groups excluding carboxylic acids is 1. The molecule has 2 aromatic rings. The van der Waals surface area contributed by atoms with Crippen molar-refractivity contribution in [3.8, 4) is 0 Å². The quantitative estimate of drug-likeness (QED) is 0.587. The van der Waals surface area contributed by atoms with Crippen molar-refractivity contribution in [1.29, 1.82) is 0 Å². The SMILES string of the molecule is O=C(c1ccc(F)c(F)c1)c1cc2c(s1)CCCCC2. The molecule has 1 aliphatic carbocycles. The summed E-state index contributed by atoms with van der Waals surface area (Å²) in [6.07, 6.45) is 5.57. The highest BCUT2D eigenvalue weighted by atomic mass is 32.1. The monoisotopic (exact) mass is 292 g/mol. The molecule has 0 fully saturated rings. The molecule has 3 rings (SSSR count). The Bertz CT molecular complexity index is 637. The average Bonchev–Trinajstić information content (AvgIpc) is 2.72. The van der Waals surface area contributed by atoms with Gasteiger partial charge in [0.1, 0.15) is 0 Å². The van der Waals surface area contributed by atoms with Gasteiger partial charge in [0.2, 0.25) is 5.78 Å². The Balaban J connectivity index is 1.92. The van der Waals surface area contributed by atoms with Crippen LogP contribution in [0.4, 0.5) is 8.78 Å². The summed E-state index contributed by atoms with van der Waals surface area (Å²) in [4.78, 5) is 14.2. The number of rotatable bonds is 2. The normalized spacial score (nSPS) is 14.7. The first-order valence-corrected chi connectivity index (χ1v) is 7.58. The number of hydrogen-bond acceptors (Lipinski definition) is 2. The van der Waals surface area contributed by atoms with E-state index >= 15 is 0 Å². The van der Waals surface area contributed by atoms with Crippen molar-refractivity contribution >= 4 is 17.1 Å². The van der Waals surface area contributed by atoms with Gasteiger partial charge >= 0.3 is 0 Å². The zero-order valence-corrected chi connectivity index (χ0v) is 11.7. The first kappa shape index (κ1) is 13.4. The molecule has 0 saturated heterocycles. The van der Waals surface area contributed by atoms with E-state index in [1.54, 1.807) is 0 Å². The summed E-state index contributed by atoms with van der Waals surface area (Å²) in [5.74, 6) is -2.13. The van der Waals surface area contributed by atoms with Crippen LogP contribution in [0.2, 0.25) is 0 Å². The first-order valence-electron chi connectivity index (χ1n) is 6.76. The molecule has 0 N–H and O–H groups in total. The van der Waals surface area contributed by atoms with Crippen LogP contribution in [0.25, 0.3) is 0 Å². The molecule has 1 heterocycles. The Morgan fingerprint density at radius 2 is 1.80 bits per heavy atom. The van der Waals surface area contributed by atoms with E-state index in [4.69, 9.17) is 0 Å². The lowest BCUT2D eigenvalue weighted by Gasteiger charge is -1.99. The molecular weight excluding hydrogens is 278 g/mol. The van der Waals surface area contributed by atoms with Gasteiger partial charge < -0.3 is 0 Å². The number of aryl methyl sites for hydroxylation is 2. The number of hydrogen-bond donors (Lipinski definition) is 0. The molecule has 0 atom stereocenters. The fourth-order valence-corrected chi connectivity index (χ4v) is 3.77. The lowest BCUT2D eigenvalue weighted by molar-refractivity contribution is 0.104. The first-order chi connectivity index (χ1) is 9.65. The van der Waals surface area contributed by atoms with Gasteiger partial charge in [0, 0.05) is 10.4 Å². The van der Waals surface area contributed by atoms with E-state index < -0.39 is 11.6 Å². The minimum atomic E-state index is -0.978. The summed E-state index contributed by atoms with van der Waals surface area (Å²) >= 11 is 1.50. The zero-order chi connectivity index (χ0) is 14.1. The van der Waals surface area contributed by atoms with Gasteiger partial charge in [-0.25, -0.2) is 8.78 Å². The van der Waals surface area contributed by atoms with Gasteiger partial charge in [-0.05, 0) is 55.5 Å². The number of carbonyl (C=O) groups is 1. The van der Waals surface area contributed by atoms with E-state index in [2.05, 4.69) is 0 Å². The third-order valence-electron chi connectivity index (χ3n) is 3.65. The maximum atomic E-state index is 13.2. The van der Waals surface area contributed by atoms with E-state index in [-0.39, 0.29) is 11.3 Å². The van der Waals surface area contributed by atoms with Gasteiger partial charge in [0.15, 0.2) is 11.6 Å². The van der Waals surface area contributed by atoms with Crippen molar-refractivity contribution in [2.45, 2.75) is 32.1 Å². The molecule has 0 saturated carbocycles. The molecule has 4 heteroatoms. The third kappa shape index (κ3) is 2.52. The molecule has 1 aromatic carbocycles. The maximum Gasteiger partial charge on any atom is 0.203 e. The summed E-state index contributed by atoms with van der Waals surface area (Å²) in [6.45, 7) is 0. The fourth-order valence-electron chi connectivity index (χ4n) is 2.56. The van der Waals surface area contributed by atoms with Crippen LogP contribution in [0.5, 0.6) is 0 Å². The second-order valence-electron chi connectivity index (χ2n) is 5.08. The molecular formula is C16H14F2OS. The summed E-state index contributed by atoms with van der Waals surface area (Å²) in [5, 5.41) is 0. The van der Waals surface area contributed by atoms with Crippen LogP contribution in [0.3, 0.4) is 0 Å². The number of thiophene rings is 1. The third-order valence-corrected chi connectivity index (χ3v) is 4.89. The standard InChI is InChI=1S/C16H14F2OS/c17-12-7-6-11(8-13(12)18)16(19)15-9-10-4-2-1-3-5-14(10)20-15/h6-9H,1-5H2. The van der Waals surface area contributed by atoms with Gasteiger partial charge in [-0.3, -0.25) is 4.79 Å². The summed E-state index contributed by atoms with van der Waals surface area (Å²) in [6, 6.07) is 5.24. The van der Waals surface area contributed by atoms with Crippen molar-refractivity contribution in [1.82, 2.24) is 0 Å². The van der Waals surface area contributed by atoms with E-state index in [1.807, 2.05) is 6.07 Å². The maximum absolute atomic E-state index is 13.2. The largest absolute Gasteiger partial charge is 0.288 e. The number of ketones is 1. The van der Waals surface area contributed by atoms with Crippen molar-refractivity contribution in [2.75, 3.05) is 0 Å². The molecule has 0 spiro atoms. The van der Waals surface area contributed by atoms with E-state index in [9.17, 15) is 13.6 Å². The highest BCUT2D eigenvalue weighted by molar-refractivity contribution is 7.14. The summed E-state index contributed by atoms with van der Waals surface area (Å²) in [7, 11) is 0. The minimum absolute atomic E-state index is 0.209. The van der Waals surface area contributed by atoms with Crippen LogP contribution in [-0.2, 0) is 12.8 Å². The lowest BCUT2D eigenvalue weighted by atomic mass is 10.1. The molecule has 20 heavy (non-hydrogen) atoms. The molecule has 0 aliphatic heterocycles. The topological polar surface area (TPSA) is 17.1 Å². The number of halogens is 2. The zero-order valence-electron chi connectivity index (χ0n) is 10.9. The van der Waals surface area contributed by atoms with Crippen LogP contribution in [-0.4, -0.2) is 5.78 Å². The lowest BCUT2D eigenvalue weighted by Crippen LogP contribution is -2.00. The molecule has 0 amide bonds. The fraction of sp³-hybridized carbons (Fsp3) is 0.312. The molecule has 104 valence electrons. The number of fused-ring (bicyclic) bond motifs is 1. The Morgan fingerprint density at radius 3 is 2.60 bits per heavy atom. The van der Waals surface area contributed by atoms with E-state index in [1.165, 1.54) is 34.3 Å². The number of benzene rings is 1. The van der Waals surface area contributed by atoms with Gasteiger partial charge in [-0.2, -0.15) is 0 Å². The van der Waals surface area contributed by atoms with Crippen LogP contribution in [0.1, 0.15) is 44.9 Å². The van der Waals surface area contributed by atoms with Crippen molar-refractivity contribution in [2.24, 2.45) is 0 Å². The second kappa shape index (κ2) is 5.44. The molecule has 1 nitrogen and oxygen atoms in total. The smallest absolute Gasteiger partial charge is 0.203 e. The van der Waals surface area contributed by atoms with Crippen LogP contribution >= 0.6 is 11.3 Å². The predicted octanol–water partition coefficient (Wildman–Crippen LogP) is 4.53. The van der Waals surface area contributed by atoms with Crippen LogP contribution < -0.4 is 0 Å². The molecule has 0 unspecified atom stereocenters. The Kier molecular flexibility index (Phi) is 3.66. The Hall–Kier alpha value is -1.55. The molecule has 1 aliphatic rings. The van der Waals surface area contributed by atoms with Gasteiger partial charge in [0.05, 0.1) is 4.88 Å². The van der Waals surface area contributed by atoms with Gasteiger partial charge in [-0.15, -0.1) is 11.3 Å². The molecule has 0 bridgehead atoms. The van der Waals surface area contributed by atoms with Crippen LogP contribution in [0.15, 0.2) is 24.3 Å². The van der Waals surface area contributed by atoms with E-state index in [0.717, 1.165) is 37.8 Å². The van der Waals surface area contributed by atoms with E-state index in [0.29, 0.717) is 4.88 Å². The van der Waals surface area contributed by atoms with Crippen molar-refractivity contribution in [3.63, 3.8) is 0 Å². The Morgan fingerprint density at radius 1 is 1.00 bits per heavy atom. The highest BCUT2D eigenvalue weighted by Gasteiger charge is 2.18. The summed E-state index contributed by atoms with van der Waals surface area (Å²) < 4.78 is 26.1. The van der Waals surface area contributed by atoms with Gasteiger partial charge in [0.25, 0.3) is 0 Å². The minimum Gasteiger partial charge on any atom is -0.288 e. The van der Waals surface area contributed by atoms with Gasteiger partial charge in [-0.1, -0.05) is 6.42 Å². The van der Waals surface area contributed by atoms with Crippen LogP contribution in [0, 0.1) is 11.6 Å². The van der Waals surface area contributed by atoms with Crippen molar-refractivity contribution in [3.05, 3.63) is 56.8 Å². The Labute approximate surface area is 120 Å². The molecule has 1 aromatic heterocycles. The van der Waals surface area contributed by atoms with Crippen molar-refractivity contribution < 1.29 is 13.6 Å². The molecule has 0 radical (unpaired) electrons. The average molecular weight is 292 g/mol. The highest BCUT2D eigenvalue weighted by Crippen LogP contribution is 2.30. The predicted molar refractivity (Wildman–Crippen MR) is 75.4 cm³/mol.